The first-order valence-corrected chi connectivity index (χ1v) is 11.1. The van der Waals surface area contributed by atoms with Crippen LogP contribution in [0.15, 0.2) is 59.4 Å². The van der Waals surface area contributed by atoms with E-state index in [-0.39, 0.29) is 11.5 Å². The fraction of sp³-hybridized carbons (Fsp3) is 0.208. The Labute approximate surface area is 182 Å². The van der Waals surface area contributed by atoms with E-state index < -0.39 is 0 Å². The first-order chi connectivity index (χ1) is 15.0. The Morgan fingerprint density at radius 2 is 1.77 bits per heavy atom. The van der Waals surface area contributed by atoms with Crippen LogP contribution >= 0.6 is 11.3 Å². The number of nitrogens with zero attached hydrogens (tertiary/aromatic N) is 4. The molecule has 0 unspecified atom stereocenters. The average molecular weight is 433 g/mol. The molecule has 0 bridgehead atoms. The van der Waals surface area contributed by atoms with Crippen molar-refractivity contribution in [2.45, 2.75) is 33.2 Å². The van der Waals surface area contributed by atoms with E-state index in [9.17, 15) is 9.18 Å². The van der Waals surface area contributed by atoms with Crippen LogP contribution in [0.5, 0.6) is 0 Å². The van der Waals surface area contributed by atoms with Gasteiger partial charge in [-0.3, -0.25) is 4.57 Å². The van der Waals surface area contributed by atoms with Crippen LogP contribution in [0, 0.1) is 12.7 Å². The molecule has 0 radical (unpaired) electrons. The predicted octanol–water partition coefficient (Wildman–Crippen LogP) is 4.75. The molecule has 7 heteroatoms. The van der Waals surface area contributed by atoms with Gasteiger partial charge in [-0.25, -0.2) is 14.2 Å². The SMILES string of the molecule is CCc1c(C)sc2c1c1nc(Cc3ccccc3)nn1c(=O)n2Cc1ccc(F)cc1. The van der Waals surface area contributed by atoms with E-state index in [1.165, 1.54) is 27.1 Å². The molecule has 0 saturated carbocycles. The summed E-state index contributed by atoms with van der Waals surface area (Å²) < 4.78 is 16.5. The zero-order valence-electron chi connectivity index (χ0n) is 17.3. The molecule has 156 valence electrons. The van der Waals surface area contributed by atoms with Crippen LogP contribution in [0.4, 0.5) is 4.39 Å². The summed E-state index contributed by atoms with van der Waals surface area (Å²) in [6.07, 6.45) is 1.41. The van der Waals surface area contributed by atoms with Crippen molar-refractivity contribution in [1.82, 2.24) is 19.2 Å². The third-order valence-corrected chi connectivity index (χ3v) is 6.71. The van der Waals surface area contributed by atoms with E-state index in [2.05, 4.69) is 18.9 Å². The van der Waals surface area contributed by atoms with Gasteiger partial charge in [-0.15, -0.1) is 16.4 Å². The second-order valence-corrected chi connectivity index (χ2v) is 8.79. The van der Waals surface area contributed by atoms with Crippen molar-refractivity contribution >= 4 is 27.2 Å². The minimum Gasteiger partial charge on any atom is -0.278 e. The lowest BCUT2D eigenvalue weighted by Crippen LogP contribution is -2.28. The van der Waals surface area contributed by atoms with Crippen molar-refractivity contribution in [3.05, 3.63) is 98.3 Å². The van der Waals surface area contributed by atoms with Gasteiger partial charge in [0.05, 0.1) is 11.9 Å². The monoisotopic (exact) mass is 432 g/mol. The van der Waals surface area contributed by atoms with Gasteiger partial charge in [0.15, 0.2) is 11.5 Å². The predicted molar refractivity (Wildman–Crippen MR) is 121 cm³/mol. The van der Waals surface area contributed by atoms with E-state index in [1.54, 1.807) is 28.0 Å². The average Bonchev–Trinajstić information content (AvgIpc) is 3.33. The largest absolute Gasteiger partial charge is 0.352 e. The van der Waals surface area contributed by atoms with Gasteiger partial charge in [-0.1, -0.05) is 49.4 Å². The van der Waals surface area contributed by atoms with Gasteiger partial charge in [0.25, 0.3) is 0 Å². The fourth-order valence-electron chi connectivity index (χ4n) is 4.03. The normalized spacial score (nSPS) is 11.6. The summed E-state index contributed by atoms with van der Waals surface area (Å²) in [4.78, 5) is 20.3. The molecule has 2 aromatic carbocycles. The number of benzene rings is 2. The topological polar surface area (TPSA) is 52.2 Å². The molecule has 5 rings (SSSR count). The molecule has 0 aliphatic heterocycles. The standard InChI is InChI=1S/C24H21FN4OS/c1-3-19-15(2)31-23-21(19)22-26-20(13-16-7-5-4-6-8-16)27-29(22)24(30)28(23)14-17-9-11-18(25)12-10-17/h4-12H,3,13-14H2,1-2H3. The van der Waals surface area contributed by atoms with Crippen LogP contribution in [0.3, 0.4) is 0 Å². The van der Waals surface area contributed by atoms with Crippen LogP contribution < -0.4 is 5.69 Å². The highest BCUT2D eigenvalue weighted by molar-refractivity contribution is 7.19. The van der Waals surface area contributed by atoms with Crippen LogP contribution in [0.1, 0.15) is 34.3 Å². The number of aromatic nitrogens is 4. The lowest BCUT2D eigenvalue weighted by molar-refractivity contribution is 0.626. The minimum atomic E-state index is -0.293. The zero-order chi connectivity index (χ0) is 21.5. The Bertz CT molecular complexity index is 1450. The van der Waals surface area contributed by atoms with E-state index >= 15 is 0 Å². The molecule has 0 aliphatic rings. The maximum atomic E-state index is 13.4. The van der Waals surface area contributed by atoms with Crippen LogP contribution in [0.2, 0.25) is 0 Å². The van der Waals surface area contributed by atoms with Gasteiger partial charge in [0.2, 0.25) is 0 Å². The summed E-state index contributed by atoms with van der Waals surface area (Å²) in [6.45, 7) is 4.54. The first-order valence-electron chi connectivity index (χ1n) is 10.2. The smallest absolute Gasteiger partial charge is 0.278 e. The highest BCUT2D eigenvalue weighted by Gasteiger charge is 2.21. The Balaban J connectivity index is 1.73. The summed E-state index contributed by atoms with van der Waals surface area (Å²) in [5, 5.41) is 5.56. The molecular weight excluding hydrogens is 411 g/mol. The fourth-order valence-corrected chi connectivity index (χ4v) is 5.25. The molecule has 0 fully saturated rings. The highest BCUT2D eigenvalue weighted by atomic mass is 32.1. The maximum absolute atomic E-state index is 13.4. The Kier molecular flexibility index (Phi) is 4.90. The molecule has 3 heterocycles. The van der Waals surface area contributed by atoms with Gasteiger partial charge in [0, 0.05) is 11.3 Å². The van der Waals surface area contributed by atoms with Crippen molar-refractivity contribution in [3.63, 3.8) is 0 Å². The molecule has 0 aliphatic carbocycles. The van der Waals surface area contributed by atoms with Gasteiger partial charge >= 0.3 is 5.69 Å². The lowest BCUT2D eigenvalue weighted by Gasteiger charge is -2.09. The number of hydrogen-bond donors (Lipinski definition) is 0. The number of thiophene rings is 1. The minimum absolute atomic E-state index is 0.234. The lowest BCUT2D eigenvalue weighted by atomic mass is 10.1. The molecule has 0 saturated heterocycles. The van der Waals surface area contributed by atoms with Crippen LogP contribution in [-0.4, -0.2) is 19.2 Å². The van der Waals surface area contributed by atoms with E-state index in [0.717, 1.165) is 27.8 Å². The Hall–Kier alpha value is -3.32. The summed E-state index contributed by atoms with van der Waals surface area (Å²) in [7, 11) is 0. The molecule has 3 aromatic heterocycles. The molecule has 0 atom stereocenters. The molecule has 0 spiro atoms. The summed E-state index contributed by atoms with van der Waals surface area (Å²) in [5.74, 6) is 0.328. The van der Waals surface area contributed by atoms with Crippen molar-refractivity contribution in [2.75, 3.05) is 0 Å². The number of rotatable bonds is 5. The molecule has 31 heavy (non-hydrogen) atoms. The second kappa shape index (κ2) is 7.74. The van der Waals surface area contributed by atoms with Crippen molar-refractivity contribution in [3.8, 4) is 0 Å². The van der Waals surface area contributed by atoms with Crippen LogP contribution in [0.25, 0.3) is 15.9 Å². The van der Waals surface area contributed by atoms with Gasteiger partial charge in [-0.2, -0.15) is 4.52 Å². The third-order valence-electron chi connectivity index (χ3n) is 5.53. The summed E-state index contributed by atoms with van der Waals surface area (Å²) in [5.41, 5.74) is 3.53. The number of halogens is 1. The van der Waals surface area contributed by atoms with Crippen molar-refractivity contribution in [1.29, 1.82) is 0 Å². The first kappa shape index (κ1) is 19.6. The molecule has 5 aromatic rings. The zero-order valence-corrected chi connectivity index (χ0v) is 18.1. The molecule has 0 N–H and O–H groups in total. The van der Waals surface area contributed by atoms with Gasteiger partial charge < -0.3 is 0 Å². The van der Waals surface area contributed by atoms with Crippen molar-refractivity contribution < 1.29 is 4.39 Å². The number of fused-ring (bicyclic) bond motifs is 3. The van der Waals surface area contributed by atoms with Crippen LogP contribution in [-0.2, 0) is 19.4 Å². The molecular formula is C24H21FN4OS. The summed E-state index contributed by atoms with van der Waals surface area (Å²) in [6, 6.07) is 16.2. The summed E-state index contributed by atoms with van der Waals surface area (Å²) >= 11 is 1.60. The Morgan fingerprint density at radius 3 is 2.48 bits per heavy atom. The highest BCUT2D eigenvalue weighted by Crippen LogP contribution is 2.33. The number of hydrogen-bond acceptors (Lipinski definition) is 4. The molecule has 5 nitrogen and oxygen atoms in total. The maximum Gasteiger partial charge on any atom is 0.352 e. The quantitative estimate of drug-likeness (QED) is 0.403. The second-order valence-electron chi connectivity index (χ2n) is 7.59. The van der Waals surface area contributed by atoms with Gasteiger partial charge in [0.1, 0.15) is 10.6 Å². The van der Waals surface area contributed by atoms with E-state index in [1.807, 2.05) is 30.3 Å². The van der Waals surface area contributed by atoms with Crippen molar-refractivity contribution in [2.24, 2.45) is 0 Å². The van der Waals surface area contributed by atoms with E-state index in [4.69, 9.17) is 4.98 Å². The van der Waals surface area contributed by atoms with Gasteiger partial charge in [-0.05, 0) is 42.2 Å². The molecule has 0 amide bonds. The Morgan fingerprint density at radius 1 is 1.03 bits per heavy atom. The van der Waals surface area contributed by atoms with E-state index in [0.29, 0.717) is 24.4 Å². The third kappa shape index (κ3) is 3.45. The number of aryl methyl sites for hydroxylation is 2.